The van der Waals surface area contributed by atoms with Gasteiger partial charge in [-0.15, -0.1) is 0 Å². The first kappa shape index (κ1) is 15.8. The zero-order valence-electron chi connectivity index (χ0n) is 12.1. The molecule has 1 heterocycles. The molecule has 5 heteroatoms. The average molecular weight is 274 g/mol. The molecule has 0 aromatic heterocycles. The van der Waals surface area contributed by atoms with Gasteiger partial charge >= 0.3 is 0 Å². The molecule has 1 saturated heterocycles. The van der Waals surface area contributed by atoms with Gasteiger partial charge in [-0.2, -0.15) is 0 Å². The molecule has 0 amide bonds. The number of aliphatic hydroxyl groups excluding tert-OH is 1. The summed E-state index contributed by atoms with van der Waals surface area (Å²) in [6, 6.07) is 0. The Kier molecular flexibility index (Phi) is 5.11. The molecule has 0 spiro atoms. The molecule has 1 rings (SSSR count). The maximum absolute atomic E-state index is 10.5. The first-order valence-electron chi connectivity index (χ1n) is 6.60. The lowest BCUT2D eigenvalue weighted by Crippen LogP contribution is -2.47. The number of hydrogen-bond donors (Lipinski definition) is 1. The van der Waals surface area contributed by atoms with E-state index in [0.29, 0.717) is 19.3 Å². The third kappa shape index (κ3) is 4.15. The van der Waals surface area contributed by atoms with E-state index in [1.165, 1.54) is 0 Å². The Morgan fingerprint density at radius 1 is 1.39 bits per heavy atom. The summed E-state index contributed by atoms with van der Waals surface area (Å²) in [5.74, 6) is 0. The van der Waals surface area contributed by atoms with Crippen LogP contribution in [0.2, 0.25) is 18.1 Å². The fourth-order valence-electron chi connectivity index (χ4n) is 1.90. The van der Waals surface area contributed by atoms with Gasteiger partial charge in [0.1, 0.15) is 6.29 Å². The summed E-state index contributed by atoms with van der Waals surface area (Å²) in [7, 11) is -1.83. The van der Waals surface area contributed by atoms with Gasteiger partial charge in [0.05, 0.1) is 12.2 Å². The third-order valence-corrected chi connectivity index (χ3v) is 8.50. The number of carbonyl (C=O) groups is 1. The number of ether oxygens (including phenoxy) is 1. The zero-order chi connectivity index (χ0) is 14.0. The van der Waals surface area contributed by atoms with Crippen molar-refractivity contribution in [2.45, 2.75) is 76.7 Å². The maximum Gasteiger partial charge on any atom is 0.192 e. The molecule has 0 aromatic rings. The Balaban J connectivity index is 2.63. The molecule has 0 aliphatic carbocycles. The van der Waals surface area contributed by atoms with Gasteiger partial charge in [0, 0.05) is 12.8 Å². The highest BCUT2D eigenvalue weighted by atomic mass is 28.4. The lowest BCUT2D eigenvalue weighted by atomic mass is 10.0. The minimum Gasteiger partial charge on any atom is -0.414 e. The van der Waals surface area contributed by atoms with Gasteiger partial charge in [-0.3, -0.25) is 0 Å². The van der Waals surface area contributed by atoms with E-state index in [1.807, 2.05) is 0 Å². The number of carbonyl (C=O) groups excluding carboxylic acids is 1. The summed E-state index contributed by atoms with van der Waals surface area (Å²) >= 11 is 0. The Labute approximate surface area is 111 Å². The van der Waals surface area contributed by atoms with Crippen LogP contribution >= 0.6 is 0 Å². The summed E-state index contributed by atoms with van der Waals surface area (Å²) in [5.41, 5.74) is 0. The highest BCUT2D eigenvalue weighted by molar-refractivity contribution is 6.74. The largest absolute Gasteiger partial charge is 0.414 e. The minimum absolute atomic E-state index is 0.000378. The molecule has 0 radical (unpaired) electrons. The lowest BCUT2D eigenvalue weighted by Gasteiger charge is -2.42. The van der Waals surface area contributed by atoms with Crippen LogP contribution in [-0.4, -0.2) is 38.2 Å². The first-order valence-corrected chi connectivity index (χ1v) is 9.51. The van der Waals surface area contributed by atoms with Gasteiger partial charge in [-0.25, -0.2) is 0 Å². The van der Waals surface area contributed by atoms with Gasteiger partial charge in [-0.05, 0) is 24.6 Å². The Hall–Kier alpha value is -0.233. The van der Waals surface area contributed by atoms with E-state index in [1.54, 1.807) is 0 Å². The molecular weight excluding hydrogens is 248 g/mol. The van der Waals surface area contributed by atoms with Crippen LogP contribution in [0.5, 0.6) is 0 Å². The van der Waals surface area contributed by atoms with E-state index in [2.05, 4.69) is 33.9 Å². The SMILES string of the molecule is CC(C)(C)[Si](C)(C)OC1CC(O)O[C@H](CC=O)C1. The fraction of sp³-hybridized carbons (Fsp3) is 0.923. The average Bonchev–Trinajstić information content (AvgIpc) is 2.13. The van der Waals surface area contributed by atoms with Crippen molar-refractivity contribution < 1.29 is 19.1 Å². The molecule has 0 saturated carbocycles. The summed E-state index contributed by atoms with van der Waals surface area (Å²) in [4.78, 5) is 10.5. The predicted molar refractivity (Wildman–Crippen MR) is 72.9 cm³/mol. The molecule has 1 N–H and O–H groups in total. The van der Waals surface area contributed by atoms with E-state index >= 15 is 0 Å². The number of aliphatic hydroxyl groups is 1. The Morgan fingerprint density at radius 3 is 2.50 bits per heavy atom. The Bertz CT molecular complexity index is 285. The van der Waals surface area contributed by atoms with Crippen LogP contribution in [-0.2, 0) is 14.0 Å². The maximum atomic E-state index is 10.5. The van der Waals surface area contributed by atoms with Crippen molar-refractivity contribution in [1.82, 2.24) is 0 Å². The topological polar surface area (TPSA) is 55.8 Å². The summed E-state index contributed by atoms with van der Waals surface area (Å²) in [6.45, 7) is 11.0. The quantitative estimate of drug-likeness (QED) is 0.632. The van der Waals surface area contributed by atoms with Crippen LogP contribution in [0.4, 0.5) is 0 Å². The van der Waals surface area contributed by atoms with E-state index < -0.39 is 14.6 Å². The third-order valence-electron chi connectivity index (χ3n) is 3.97. The van der Waals surface area contributed by atoms with Crippen LogP contribution < -0.4 is 0 Å². The highest BCUT2D eigenvalue weighted by Crippen LogP contribution is 2.39. The first-order chi connectivity index (χ1) is 8.15. The van der Waals surface area contributed by atoms with Crippen molar-refractivity contribution >= 4 is 14.6 Å². The summed E-state index contributed by atoms with van der Waals surface area (Å²) in [5, 5.41) is 9.82. The minimum atomic E-state index is -1.83. The van der Waals surface area contributed by atoms with Gasteiger partial charge in [-0.1, -0.05) is 20.8 Å². The van der Waals surface area contributed by atoms with E-state index in [-0.39, 0.29) is 17.2 Å². The molecule has 0 aromatic carbocycles. The van der Waals surface area contributed by atoms with Crippen molar-refractivity contribution in [2.75, 3.05) is 0 Å². The van der Waals surface area contributed by atoms with E-state index in [9.17, 15) is 9.90 Å². The van der Waals surface area contributed by atoms with Crippen LogP contribution in [0.25, 0.3) is 0 Å². The zero-order valence-corrected chi connectivity index (χ0v) is 13.1. The van der Waals surface area contributed by atoms with Crippen molar-refractivity contribution in [1.29, 1.82) is 0 Å². The van der Waals surface area contributed by atoms with Gasteiger partial charge < -0.3 is 19.1 Å². The fourth-order valence-corrected chi connectivity index (χ4v) is 3.28. The van der Waals surface area contributed by atoms with Crippen molar-refractivity contribution in [3.8, 4) is 0 Å². The molecule has 4 nitrogen and oxygen atoms in total. The molecule has 1 aliphatic rings. The highest BCUT2D eigenvalue weighted by Gasteiger charge is 2.41. The van der Waals surface area contributed by atoms with Crippen LogP contribution in [0.15, 0.2) is 0 Å². The smallest absolute Gasteiger partial charge is 0.192 e. The summed E-state index contributed by atoms with van der Waals surface area (Å²) in [6.07, 6.45) is 1.35. The monoisotopic (exact) mass is 274 g/mol. The molecule has 2 unspecified atom stereocenters. The van der Waals surface area contributed by atoms with Crippen LogP contribution in [0, 0.1) is 0 Å². The lowest BCUT2D eigenvalue weighted by molar-refractivity contribution is -0.187. The van der Waals surface area contributed by atoms with Crippen LogP contribution in [0.1, 0.15) is 40.0 Å². The number of aldehydes is 1. The van der Waals surface area contributed by atoms with Gasteiger partial charge in [0.25, 0.3) is 0 Å². The molecule has 18 heavy (non-hydrogen) atoms. The molecule has 3 atom stereocenters. The summed E-state index contributed by atoms with van der Waals surface area (Å²) < 4.78 is 11.6. The standard InChI is InChI=1S/C13H26O4Si/c1-13(2,3)18(4,5)17-11-8-10(6-7-14)16-12(15)9-11/h7,10-12,15H,6,8-9H2,1-5H3/t10-,11?,12?/m1/s1. The predicted octanol–water partition coefficient (Wildman–Crippen LogP) is 2.46. The molecule has 0 bridgehead atoms. The van der Waals surface area contributed by atoms with E-state index in [4.69, 9.17) is 9.16 Å². The molecule has 1 fully saturated rings. The number of hydrogen-bond acceptors (Lipinski definition) is 4. The number of rotatable bonds is 4. The molecule has 1 aliphatic heterocycles. The second-order valence-corrected chi connectivity index (χ2v) is 11.3. The normalized spacial score (nSPS) is 30.2. The van der Waals surface area contributed by atoms with Crippen molar-refractivity contribution in [3.05, 3.63) is 0 Å². The van der Waals surface area contributed by atoms with Crippen molar-refractivity contribution in [3.63, 3.8) is 0 Å². The van der Waals surface area contributed by atoms with Crippen molar-refractivity contribution in [2.24, 2.45) is 0 Å². The Morgan fingerprint density at radius 2 is 2.00 bits per heavy atom. The second-order valence-electron chi connectivity index (χ2n) is 6.59. The second kappa shape index (κ2) is 5.82. The van der Waals surface area contributed by atoms with Gasteiger partial charge in [0.15, 0.2) is 14.6 Å². The van der Waals surface area contributed by atoms with E-state index in [0.717, 1.165) is 6.29 Å². The van der Waals surface area contributed by atoms with Crippen LogP contribution in [0.3, 0.4) is 0 Å². The molecule has 106 valence electrons. The molecular formula is C13H26O4Si. The van der Waals surface area contributed by atoms with Gasteiger partial charge in [0.2, 0.25) is 0 Å².